The van der Waals surface area contributed by atoms with E-state index in [1.54, 1.807) is 0 Å². The molecule has 0 spiro atoms. The van der Waals surface area contributed by atoms with Crippen molar-refractivity contribution in [2.75, 3.05) is 9.80 Å². The monoisotopic (exact) mass is 918 g/mol. The summed E-state index contributed by atoms with van der Waals surface area (Å²) in [7, 11) is 0. The minimum atomic E-state index is -0.143. The summed E-state index contributed by atoms with van der Waals surface area (Å²) >= 11 is 0. The lowest BCUT2D eigenvalue weighted by molar-refractivity contribution is 0.431. The Morgan fingerprint density at radius 1 is 0.408 bits per heavy atom. The Morgan fingerprint density at radius 2 is 0.887 bits per heavy atom. The zero-order valence-corrected chi connectivity index (χ0v) is 41.8. The van der Waals surface area contributed by atoms with Crippen LogP contribution in [0.15, 0.2) is 224 Å². The van der Waals surface area contributed by atoms with Gasteiger partial charge in [0.05, 0.1) is 0 Å². The second-order valence-corrected chi connectivity index (χ2v) is 20.7. The molecule has 348 valence electrons. The van der Waals surface area contributed by atoms with Crippen molar-refractivity contribution in [2.45, 2.75) is 83.0 Å². The normalized spacial score (nSPS) is 16.1. The van der Waals surface area contributed by atoms with Gasteiger partial charge in [-0.15, -0.1) is 0 Å². The van der Waals surface area contributed by atoms with Crippen molar-refractivity contribution in [3.63, 3.8) is 0 Å². The van der Waals surface area contributed by atoms with E-state index >= 15 is 0 Å². The second kappa shape index (κ2) is 17.6. The summed E-state index contributed by atoms with van der Waals surface area (Å²) in [6.45, 7) is 12.1. The summed E-state index contributed by atoms with van der Waals surface area (Å²) in [5.74, 6) is 0. The van der Waals surface area contributed by atoms with Crippen molar-refractivity contribution in [1.82, 2.24) is 0 Å². The van der Waals surface area contributed by atoms with Crippen molar-refractivity contribution in [3.05, 3.63) is 263 Å². The summed E-state index contributed by atoms with van der Waals surface area (Å²) in [4.78, 5) is 4.78. The summed E-state index contributed by atoms with van der Waals surface area (Å²) in [5, 5.41) is 4.99. The van der Waals surface area contributed by atoms with Crippen LogP contribution >= 0.6 is 0 Å². The van der Waals surface area contributed by atoms with Gasteiger partial charge in [-0.05, 0) is 170 Å². The summed E-state index contributed by atoms with van der Waals surface area (Å²) in [6.07, 6.45) is 5.32. The van der Waals surface area contributed by atoms with Crippen LogP contribution in [0.5, 0.6) is 0 Å². The topological polar surface area (TPSA) is 6.48 Å². The quantitative estimate of drug-likeness (QED) is 0.114. The number of rotatable bonds is 13. The molecule has 0 amide bonds. The fourth-order valence-corrected chi connectivity index (χ4v) is 12.8. The van der Waals surface area contributed by atoms with E-state index in [0.29, 0.717) is 0 Å². The number of benzene rings is 10. The minimum Gasteiger partial charge on any atom is -0.310 e. The first kappa shape index (κ1) is 44.5. The molecule has 0 bridgehead atoms. The molecule has 0 saturated carbocycles. The summed E-state index contributed by atoms with van der Waals surface area (Å²) < 4.78 is 0. The molecule has 10 aromatic rings. The molecule has 2 aliphatic carbocycles. The number of nitrogens with zero attached hydrogens (tertiary/aromatic N) is 2. The molecule has 12 rings (SSSR count). The maximum Gasteiger partial charge on any atom is 0.0468 e. The largest absolute Gasteiger partial charge is 0.310 e. The highest BCUT2D eigenvalue weighted by molar-refractivity contribution is 5.91. The predicted octanol–water partition coefficient (Wildman–Crippen LogP) is 19.0. The Hall–Kier alpha value is -7.68. The molecule has 2 atom stereocenters. The van der Waals surface area contributed by atoms with Crippen molar-refractivity contribution >= 4 is 55.7 Å². The zero-order valence-electron chi connectivity index (χ0n) is 41.8. The molecule has 0 radical (unpaired) electrons. The van der Waals surface area contributed by atoms with E-state index in [2.05, 4.69) is 269 Å². The number of anilines is 6. The highest BCUT2D eigenvalue weighted by Crippen LogP contribution is 2.57. The SMILES string of the molecule is CCCC(CC)(c1ccc(N(c2ccccc2)c2ccc3ccccc3c2)cc1)c1ccc2c(c1)C(C)(C)c1cc3c(cc1-2)CC3(CC)c1ccc(N(c2ccccc2)c2ccc3ccccc3c2)cc1. The van der Waals surface area contributed by atoms with E-state index in [9.17, 15) is 0 Å². The van der Waals surface area contributed by atoms with Gasteiger partial charge in [0.2, 0.25) is 0 Å². The smallest absolute Gasteiger partial charge is 0.0468 e. The first-order valence-corrected chi connectivity index (χ1v) is 26.0. The third-order valence-corrected chi connectivity index (χ3v) is 16.7. The molecule has 2 nitrogen and oxygen atoms in total. The molecule has 10 aromatic carbocycles. The Kier molecular flexibility index (Phi) is 11.0. The average Bonchev–Trinajstić information content (AvgIpc) is 3.63. The van der Waals surface area contributed by atoms with Gasteiger partial charge in [0, 0.05) is 50.4 Å². The molecule has 0 fully saturated rings. The van der Waals surface area contributed by atoms with Crippen molar-refractivity contribution in [3.8, 4) is 11.1 Å². The van der Waals surface area contributed by atoms with E-state index in [1.165, 1.54) is 77.3 Å². The van der Waals surface area contributed by atoms with E-state index < -0.39 is 0 Å². The van der Waals surface area contributed by atoms with Crippen LogP contribution in [0.25, 0.3) is 32.7 Å². The maximum atomic E-state index is 2.61. The second-order valence-electron chi connectivity index (χ2n) is 20.7. The number of para-hydroxylation sites is 2. The van der Waals surface area contributed by atoms with Crippen LogP contribution in [0.4, 0.5) is 34.1 Å². The first-order valence-electron chi connectivity index (χ1n) is 26.0. The lowest BCUT2D eigenvalue weighted by atomic mass is 9.58. The zero-order chi connectivity index (χ0) is 48.3. The van der Waals surface area contributed by atoms with Gasteiger partial charge >= 0.3 is 0 Å². The van der Waals surface area contributed by atoms with E-state index in [4.69, 9.17) is 0 Å². The standard InChI is InChI=1S/C69H62N2/c1-6-41-68(7-2,53-29-36-58(37-30-53)70(56-23-11-9-12-24-56)60-34-27-48-19-15-17-21-50(48)42-60)55-33-40-62-63-44-52-47-69(8-3,64(52)46-66(63)67(4,5)65(62)45-55)54-31-38-59(39-32-54)71(57-25-13-10-14-26-57)61-35-28-49-20-16-18-22-51(49)43-61/h9-40,42-46H,6-8,41,47H2,1-5H3. The van der Waals surface area contributed by atoms with Crippen LogP contribution in [0, 0.1) is 0 Å². The maximum absolute atomic E-state index is 2.61. The minimum absolute atomic E-state index is 0.0194. The van der Waals surface area contributed by atoms with Gasteiger partial charge < -0.3 is 9.80 Å². The van der Waals surface area contributed by atoms with Crippen LogP contribution in [0.3, 0.4) is 0 Å². The van der Waals surface area contributed by atoms with Crippen molar-refractivity contribution < 1.29 is 0 Å². The Morgan fingerprint density at radius 3 is 1.42 bits per heavy atom. The van der Waals surface area contributed by atoms with Gasteiger partial charge in [0.1, 0.15) is 0 Å². The molecule has 0 aliphatic heterocycles. The molecule has 2 unspecified atom stereocenters. The Balaban J connectivity index is 0.867. The van der Waals surface area contributed by atoms with Gasteiger partial charge in [-0.1, -0.05) is 193 Å². The predicted molar refractivity (Wildman–Crippen MR) is 302 cm³/mol. The summed E-state index contributed by atoms with van der Waals surface area (Å²) in [6, 6.07) is 84.2. The van der Waals surface area contributed by atoms with Gasteiger partial charge in [0.25, 0.3) is 0 Å². The Labute approximate surface area is 420 Å². The number of hydrogen-bond donors (Lipinski definition) is 0. The number of fused-ring (bicyclic) bond motifs is 6. The molecule has 0 saturated heterocycles. The van der Waals surface area contributed by atoms with Gasteiger partial charge in [-0.3, -0.25) is 0 Å². The average molecular weight is 919 g/mol. The highest BCUT2D eigenvalue weighted by Gasteiger charge is 2.47. The molecule has 0 N–H and O–H groups in total. The van der Waals surface area contributed by atoms with Crippen LogP contribution in [0.1, 0.15) is 99.2 Å². The van der Waals surface area contributed by atoms with Crippen LogP contribution < -0.4 is 9.80 Å². The third kappa shape index (κ3) is 7.29. The van der Waals surface area contributed by atoms with Crippen molar-refractivity contribution in [2.24, 2.45) is 0 Å². The van der Waals surface area contributed by atoms with E-state index in [-0.39, 0.29) is 16.2 Å². The molecule has 71 heavy (non-hydrogen) atoms. The van der Waals surface area contributed by atoms with Crippen LogP contribution in [-0.4, -0.2) is 0 Å². The van der Waals surface area contributed by atoms with Crippen LogP contribution in [-0.2, 0) is 22.7 Å². The molecular formula is C69H62N2. The van der Waals surface area contributed by atoms with Gasteiger partial charge in [-0.25, -0.2) is 0 Å². The first-order chi connectivity index (χ1) is 34.7. The van der Waals surface area contributed by atoms with E-state index in [1.807, 2.05) is 0 Å². The van der Waals surface area contributed by atoms with Crippen molar-refractivity contribution in [1.29, 1.82) is 0 Å². The molecular weight excluding hydrogens is 857 g/mol. The van der Waals surface area contributed by atoms with E-state index in [0.717, 1.165) is 60.5 Å². The lowest BCUT2D eigenvalue weighted by Crippen LogP contribution is -2.40. The molecule has 0 heterocycles. The van der Waals surface area contributed by atoms with Crippen LogP contribution in [0.2, 0.25) is 0 Å². The molecule has 2 aliphatic rings. The third-order valence-electron chi connectivity index (χ3n) is 16.7. The number of hydrogen-bond acceptors (Lipinski definition) is 2. The fraction of sp³-hybridized carbons (Fsp3) is 0.188. The summed E-state index contributed by atoms with van der Waals surface area (Å²) in [5.41, 5.74) is 19.6. The fourth-order valence-electron chi connectivity index (χ4n) is 12.8. The van der Waals surface area contributed by atoms with Gasteiger partial charge in [0.15, 0.2) is 0 Å². The lowest BCUT2D eigenvalue weighted by Gasteiger charge is -2.45. The Bertz CT molecular complexity index is 3570. The molecule has 2 heteroatoms. The highest BCUT2D eigenvalue weighted by atomic mass is 15.1. The van der Waals surface area contributed by atoms with Gasteiger partial charge in [-0.2, -0.15) is 0 Å². The molecule has 0 aromatic heterocycles.